The normalized spacial score (nSPS) is 12.0. The minimum Gasteiger partial charge on any atom is -0.497 e. The van der Waals surface area contributed by atoms with E-state index in [4.69, 9.17) is 26.9 Å². The summed E-state index contributed by atoms with van der Waals surface area (Å²) in [4.78, 5) is 0. The van der Waals surface area contributed by atoms with Crippen LogP contribution in [0.2, 0.25) is 5.02 Å². The summed E-state index contributed by atoms with van der Waals surface area (Å²) >= 11 is 9.55. The Labute approximate surface area is 137 Å². The number of methoxy groups -OCH3 is 2. The van der Waals surface area contributed by atoms with Gasteiger partial charge in [0.2, 0.25) is 0 Å². The van der Waals surface area contributed by atoms with E-state index in [9.17, 15) is 0 Å². The van der Waals surface area contributed by atoms with Crippen LogP contribution in [0, 0.1) is 0 Å². The van der Waals surface area contributed by atoms with Gasteiger partial charge in [0.1, 0.15) is 11.5 Å². The van der Waals surface area contributed by atoms with Crippen molar-refractivity contribution in [2.75, 3.05) is 14.2 Å². The third kappa shape index (κ3) is 3.68. The van der Waals surface area contributed by atoms with Gasteiger partial charge < -0.3 is 9.47 Å². The Morgan fingerprint density at radius 3 is 2.48 bits per heavy atom. The van der Waals surface area contributed by atoms with E-state index in [1.165, 1.54) is 0 Å². The van der Waals surface area contributed by atoms with Gasteiger partial charge in [-0.15, -0.1) is 0 Å². The highest BCUT2D eigenvalue weighted by molar-refractivity contribution is 9.10. The van der Waals surface area contributed by atoms with Gasteiger partial charge in [-0.2, -0.15) is 0 Å². The first kappa shape index (κ1) is 16.1. The zero-order valence-corrected chi connectivity index (χ0v) is 14.0. The summed E-state index contributed by atoms with van der Waals surface area (Å²) in [7, 11) is 3.24. The van der Waals surface area contributed by atoms with Crippen LogP contribution in [0.25, 0.3) is 0 Å². The third-order valence-corrected chi connectivity index (χ3v) is 3.81. The highest BCUT2D eigenvalue weighted by Gasteiger charge is 2.19. The van der Waals surface area contributed by atoms with Gasteiger partial charge in [0.15, 0.2) is 0 Å². The summed E-state index contributed by atoms with van der Waals surface area (Å²) in [5.41, 5.74) is 4.59. The van der Waals surface area contributed by atoms with E-state index in [1.54, 1.807) is 14.2 Å². The van der Waals surface area contributed by atoms with Gasteiger partial charge in [-0.05, 0) is 42.0 Å². The number of nitrogens with two attached hydrogens (primary N) is 1. The largest absolute Gasteiger partial charge is 0.497 e. The molecular formula is C15H16BrClN2O2. The zero-order chi connectivity index (χ0) is 15.4. The summed E-state index contributed by atoms with van der Waals surface area (Å²) in [5.74, 6) is 7.19. The lowest BCUT2D eigenvalue weighted by molar-refractivity contribution is 0.394. The Bertz CT molecular complexity index is 617. The molecule has 1 unspecified atom stereocenters. The minimum atomic E-state index is -0.273. The molecule has 0 aliphatic rings. The van der Waals surface area contributed by atoms with Crippen molar-refractivity contribution in [2.45, 2.75) is 6.04 Å². The first-order valence-corrected chi connectivity index (χ1v) is 7.40. The summed E-state index contributed by atoms with van der Waals surface area (Å²) in [5, 5.41) is 0.626. The molecule has 0 saturated heterocycles. The van der Waals surface area contributed by atoms with E-state index in [-0.39, 0.29) is 6.04 Å². The molecule has 2 rings (SSSR count). The molecule has 112 valence electrons. The second kappa shape index (κ2) is 7.13. The van der Waals surface area contributed by atoms with Crippen LogP contribution in [-0.2, 0) is 0 Å². The smallest absolute Gasteiger partial charge is 0.124 e. The van der Waals surface area contributed by atoms with Crippen molar-refractivity contribution in [3.05, 3.63) is 57.0 Å². The second-order valence-electron chi connectivity index (χ2n) is 4.41. The molecule has 1 atom stereocenters. The van der Waals surface area contributed by atoms with Gasteiger partial charge in [-0.3, -0.25) is 5.84 Å². The van der Waals surface area contributed by atoms with E-state index in [0.29, 0.717) is 5.02 Å². The maximum Gasteiger partial charge on any atom is 0.124 e. The minimum absolute atomic E-state index is 0.273. The van der Waals surface area contributed by atoms with Gasteiger partial charge >= 0.3 is 0 Å². The van der Waals surface area contributed by atoms with Crippen LogP contribution >= 0.6 is 27.5 Å². The maximum absolute atomic E-state index is 6.12. The van der Waals surface area contributed by atoms with Gasteiger partial charge in [-0.1, -0.05) is 27.5 Å². The molecule has 3 N–H and O–H groups in total. The molecule has 0 fully saturated rings. The highest BCUT2D eigenvalue weighted by Crippen LogP contribution is 2.34. The van der Waals surface area contributed by atoms with E-state index >= 15 is 0 Å². The van der Waals surface area contributed by atoms with Crippen LogP contribution in [0.1, 0.15) is 17.2 Å². The highest BCUT2D eigenvalue weighted by atomic mass is 79.9. The Morgan fingerprint density at radius 2 is 1.90 bits per heavy atom. The van der Waals surface area contributed by atoms with E-state index in [1.807, 2.05) is 36.4 Å². The monoisotopic (exact) mass is 370 g/mol. The Kier molecular flexibility index (Phi) is 5.47. The van der Waals surface area contributed by atoms with Crippen LogP contribution in [0.4, 0.5) is 0 Å². The molecule has 6 heteroatoms. The molecule has 0 spiro atoms. The topological polar surface area (TPSA) is 56.5 Å². The molecule has 0 aromatic heterocycles. The van der Waals surface area contributed by atoms with Crippen molar-refractivity contribution in [1.82, 2.24) is 5.43 Å². The number of hydrogen-bond donors (Lipinski definition) is 2. The second-order valence-corrected chi connectivity index (χ2v) is 5.76. The Balaban J connectivity index is 2.54. The van der Waals surface area contributed by atoms with E-state index in [0.717, 1.165) is 27.1 Å². The molecule has 4 nitrogen and oxygen atoms in total. The summed E-state index contributed by atoms with van der Waals surface area (Å²) in [6, 6.07) is 10.9. The third-order valence-electron chi connectivity index (χ3n) is 3.13. The number of hydrogen-bond acceptors (Lipinski definition) is 4. The van der Waals surface area contributed by atoms with Crippen molar-refractivity contribution in [3.63, 3.8) is 0 Å². The van der Waals surface area contributed by atoms with Crippen LogP contribution in [-0.4, -0.2) is 14.2 Å². The zero-order valence-electron chi connectivity index (χ0n) is 11.7. The van der Waals surface area contributed by atoms with Crippen LogP contribution in [0.3, 0.4) is 0 Å². The molecule has 0 heterocycles. The lowest BCUT2D eigenvalue weighted by Gasteiger charge is -2.21. The molecule has 2 aromatic rings. The van der Waals surface area contributed by atoms with Crippen LogP contribution in [0.5, 0.6) is 11.5 Å². The number of halogens is 2. The molecule has 0 saturated carbocycles. The van der Waals surface area contributed by atoms with Crippen molar-refractivity contribution in [1.29, 1.82) is 0 Å². The number of hydrazine groups is 1. The van der Waals surface area contributed by atoms with Gasteiger partial charge in [0.25, 0.3) is 0 Å². The molecule has 0 bridgehead atoms. The standard InChI is InChI=1S/C15H16BrClN2O2/c1-20-12-3-4-14(21-2)13(8-12)15(19-18)9-5-10(16)7-11(17)6-9/h3-8,15,19H,18H2,1-2H3. The van der Waals surface area contributed by atoms with Gasteiger partial charge in [0, 0.05) is 15.1 Å². The summed E-state index contributed by atoms with van der Waals surface area (Å²) in [6.45, 7) is 0. The average Bonchev–Trinajstić information content (AvgIpc) is 2.47. The van der Waals surface area contributed by atoms with Crippen molar-refractivity contribution < 1.29 is 9.47 Å². The fourth-order valence-electron chi connectivity index (χ4n) is 2.17. The van der Waals surface area contributed by atoms with Gasteiger partial charge in [0.05, 0.1) is 20.3 Å². The summed E-state index contributed by atoms with van der Waals surface area (Å²) < 4.78 is 11.6. The lowest BCUT2D eigenvalue weighted by Crippen LogP contribution is -2.29. The molecule has 0 aliphatic carbocycles. The quantitative estimate of drug-likeness (QED) is 0.622. The molecule has 2 aromatic carbocycles. The Morgan fingerprint density at radius 1 is 1.14 bits per heavy atom. The Hall–Kier alpha value is -1.27. The van der Waals surface area contributed by atoms with E-state index in [2.05, 4.69) is 21.4 Å². The fraction of sp³-hybridized carbons (Fsp3) is 0.200. The van der Waals surface area contributed by atoms with Crippen LogP contribution < -0.4 is 20.7 Å². The predicted molar refractivity (Wildman–Crippen MR) is 87.9 cm³/mol. The SMILES string of the molecule is COc1ccc(OC)c(C(NN)c2cc(Cl)cc(Br)c2)c1. The molecule has 0 radical (unpaired) electrons. The average molecular weight is 372 g/mol. The van der Waals surface area contributed by atoms with Crippen molar-refractivity contribution >= 4 is 27.5 Å². The first-order chi connectivity index (χ1) is 10.1. The van der Waals surface area contributed by atoms with E-state index < -0.39 is 0 Å². The van der Waals surface area contributed by atoms with Crippen LogP contribution in [0.15, 0.2) is 40.9 Å². The van der Waals surface area contributed by atoms with Gasteiger partial charge in [-0.25, -0.2) is 5.43 Å². The number of rotatable bonds is 5. The fourth-order valence-corrected chi connectivity index (χ4v) is 3.06. The maximum atomic E-state index is 6.12. The summed E-state index contributed by atoms with van der Waals surface area (Å²) in [6.07, 6.45) is 0. The number of benzene rings is 2. The van der Waals surface area contributed by atoms with Crippen molar-refractivity contribution in [3.8, 4) is 11.5 Å². The molecular weight excluding hydrogens is 356 g/mol. The molecule has 21 heavy (non-hydrogen) atoms. The number of nitrogens with one attached hydrogen (secondary N) is 1. The lowest BCUT2D eigenvalue weighted by atomic mass is 9.98. The number of ether oxygens (including phenoxy) is 2. The predicted octanol–water partition coefficient (Wildman–Crippen LogP) is 3.67. The molecule has 0 aliphatic heterocycles. The van der Waals surface area contributed by atoms with Crippen molar-refractivity contribution in [2.24, 2.45) is 5.84 Å². The molecule has 0 amide bonds. The first-order valence-electron chi connectivity index (χ1n) is 6.23.